The lowest BCUT2D eigenvalue weighted by Gasteiger charge is -2.01. The monoisotopic (exact) mass is 184 g/mol. The van der Waals surface area contributed by atoms with Crippen LogP contribution in [0.3, 0.4) is 0 Å². The van der Waals surface area contributed by atoms with E-state index in [4.69, 9.17) is 0 Å². The number of nitrogens with zero attached hydrogens (tertiary/aromatic N) is 1. The van der Waals surface area contributed by atoms with E-state index in [1.165, 1.54) is 6.08 Å². The first-order valence-corrected chi connectivity index (χ1v) is 4.37. The summed E-state index contributed by atoms with van der Waals surface area (Å²) < 4.78 is 1.59. The Balaban J connectivity index is 2.45. The molecular formula is C12H10NO+. The Morgan fingerprint density at radius 3 is 2.50 bits per heavy atom. The molecule has 0 bridgehead atoms. The van der Waals surface area contributed by atoms with Crippen LogP contribution in [0, 0.1) is 0 Å². The number of carbonyl (C=O) groups is 1. The van der Waals surface area contributed by atoms with Gasteiger partial charge in [0.25, 0.3) is 0 Å². The van der Waals surface area contributed by atoms with Gasteiger partial charge in [-0.25, -0.2) is 4.79 Å². The van der Waals surface area contributed by atoms with E-state index in [1.54, 1.807) is 16.9 Å². The van der Waals surface area contributed by atoms with Crippen LogP contribution in [0.15, 0.2) is 54.6 Å². The first-order chi connectivity index (χ1) is 6.77. The predicted octanol–water partition coefficient (Wildman–Crippen LogP) is 2.05. The number of benzene rings is 1. The van der Waals surface area contributed by atoms with E-state index in [2.05, 4.69) is 6.58 Å². The van der Waals surface area contributed by atoms with Gasteiger partial charge in [-0.3, -0.25) is 0 Å². The van der Waals surface area contributed by atoms with Gasteiger partial charge in [-0.05, 0) is 6.08 Å². The summed E-state index contributed by atoms with van der Waals surface area (Å²) in [5.41, 5.74) is 1.69. The average molecular weight is 184 g/mol. The van der Waals surface area contributed by atoms with E-state index in [0.29, 0.717) is 0 Å². The van der Waals surface area contributed by atoms with Crippen molar-refractivity contribution in [1.82, 2.24) is 0 Å². The highest BCUT2D eigenvalue weighted by Gasteiger charge is 2.20. The molecule has 1 aliphatic rings. The summed E-state index contributed by atoms with van der Waals surface area (Å²) in [7, 11) is 0. The first-order valence-electron chi connectivity index (χ1n) is 4.37. The smallest absolute Gasteiger partial charge is 0.214 e. The van der Waals surface area contributed by atoms with Crippen molar-refractivity contribution in [1.29, 1.82) is 0 Å². The van der Waals surface area contributed by atoms with Gasteiger partial charge >= 0.3 is 5.91 Å². The summed E-state index contributed by atoms with van der Waals surface area (Å²) in [6.07, 6.45) is 4.97. The zero-order valence-electron chi connectivity index (χ0n) is 7.68. The minimum absolute atomic E-state index is 0.0383. The number of amides is 1. The van der Waals surface area contributed by atoms with E-state index >= 15 is 0 Å². The summed E-state index contributed by atoms with van der Waals surface area (Å²) >= 11 is 0. The van der Waals surface area contributed by atoms with Crippen LogP contribution in [-0.4, -0.2) is 16.7 Å². The van der Waals surface area contributed by atoms with Gasteiger partial charge in [-0.15, -0.1) is 4.58 Å². The lowest BCUT2D eigenvalue weighted by Crippen LogP contribution is -2.18. The second-order valence-electron chi connectivity index (χ2n) is 3.08. The van der Waals surface area contributed by atoms with Crippen LogP contribution >= 0.6 is 0 Å². The highest BCUT2D eigenvalue weighted by molar-refractivity contribution is 5.94. The molecule has 14 heavy (non-hydrogen) atoms. The molecule has 2 nitrogen and oxygen atoms in total. The van der Waals surface area contributed by atoms with E-state index in [0.717, 1.165) is 11.3 Å². The lowest BCUT2D eigenvalue weighted by atomic mass is 10.2. The maximum absolute atomic E-state index is 11.5. The molecule has 1 amide bonds. The molecule has 0 aliphatic carbocycles. The van der Waals surface area contributed by atoms with Crippen molar-refractivity contribution in [3.8, 4) is 0 Å². The highest BCUT2D eigenvalue weighted by Crippen LogP contribution is 2.13. The molecule has 0 saturated heterocycles. The largest absolute Gasteiger partial charge is 0.417 e. The van der Waals surface area contributed by atoms with Crippen LogP contribution in [0.1, 0.15) is 0 Å². The minimum Gasteiger partial charge on any atom is -0.214 e. The van der Waals surface area contributed by atoms with Crippen molar-refractivity contribution in [2.24, 2.45) is 0 Å². The number of allylic oxidation sites excluding steroid dienone is 2. The molecule has 1 aliphatic heterocycles. The van der Waals surface area contributed by atoms with Crippen molar-refractivity contribution < 1.29 is 9.37 Å². The van der Waals surface area contributed by atoms with E-state index in [1.807, 2.05) is 30.3 Å². The molecule has 0 fully saturated rings. The molecule has 0 radical (unpaired) electrons. The third-order valence-corrected chi connectivity index (χ3v) is 2.01. The second kappa shape index (κ2) is 3.42. The van der Waals surface area contributed by atoms with Crippen LogP contribution in [-0.2, 0) is 4.79 Å². The molecule has 0 saturated carbocycles. The van der Waals surface area contributed by atoms with Crippen LogP contribution < -0.4 is 0 Å². The molecule has 1 aromatic carbocycles. The Labute approximate surface area is 82.5 Å². The molecule has 2 rings (SSSR count). The molecule has 68 valence electrons. The Hall–Kier alpha value is -1.96. The van der Waals surface area contributed by atoms with Gasteiger partial charge in [0.15, 0.2) is 6.21 Å². The number of hydrogen-bond acceptors (Lipinski definition) is 1. The van der Waals surface area contributed by atoms with Crippen molar-refractivity contribution in [2.45, 2.75) is 0 Å². The van der Waals surface area contributed by atoms with Crippen molar-refractivity contribution in [2.75, 3.05) is 0 Å². The fourth-order valence-corrected chi connectivity index (χ4v) is 1.32. The van der Waals surface area contributed by atoms with E-state index < -0.39 is 0 Å². The maximum Gasteiger partial charge on any atom is 0.417 e. The zero-order chi connectivity index (χ0) is 9.97. The highest BCUT2D eigenvalue weighted by atomic mass is 16.2. The molecule has 1 aromatic rings. The molecule has 0 aromatic heterocycles. The van der Waals surface area contributed by atoms with Crippen LogP contribution in [0.2, 0.25) is 0 Å². The lowest BCUT2D eigenvalue weighted by molar-refractivity contribution is -0.356. The molecule has 0 atom stereocenters. The summed E-state index contributed by atoms with van der Waals surface area (Å²) in [6.45, 7) is 3.79. The third kappa shape index (κ3) is 1.55. The molecule has 1 heterocycles. The Bertz CT molecular complexity index is 441. The first kappa shape index (κ1) is 8.63. The summed E-state index contributed by atoms with van der Waals surface area (Å²) in [5, 5.41) is 0. The van der Waals surface area contributed by atoms with Gasteiger partial charge in [-0.1, -0.05) is 24.8 Å². The number of carbonyl (C=O) groups excluding carboxylic acids is 1. The minimum atomic E-state index is -0.0383. The molecule has 0 spiro atoms. The molecule has 0 unspecified atom stereocenters. The summed E-state index contributed by atoms with van der Waals surface area (Å²) in [5.74, 6) is -0.0383. The van der Waals surface area contributed by atoms with Crippen molar-refractivity contribution in [3.05, 3.63) is 54.6 Å². The Morgan fingerprint density at radius 1 is 1.07 bits per heavy atom. The van der Waals surface area contributed by atoms with Crippen LogP contribution in [0.25, 0.3) is 0 Å². The van der Waals surface area contributed by atoms with Gasteiger partial charge in [0, 0.05) is 17.7 Å². The summed E-state index contributed by atoms with van der Waals surface area (Å²) in [6, 6.07) is 9.50. The third-order valence-electron chi connectivity index (χ3n) is 2.01. The fraction of sp³-hybridized carbons (Fsp3) is 0. The van der Waals surface area contributed by atoms with Crippen molar-refractivity contribution in [3.63, 3.8) is 0 Å². The Kier molecular flexibility index (Phi) is 2.11. The molecule has 0 N–H and O–H groups in total. The van der Waals surface area contributed by atoms with Crippen LogP contribution in [0.4, 0.5) is 5.69 Å². The van der Waals surface area contributed by atoms with Crippen LogP contribution in [0.5, 0.6) is 0 Å². The number of hydrogen-bond donors (Lipinski definition) is 0. The quantitative estimate of drug-likeness (QED) is 0.611. The predicted molar refractivity (Wildman–Crippen MR) is 55.7 cm³/mol. The Morgan fingerprint density at radius 2 is 1.79 bits per heavy atom. The summed E-state index contributed by atoms with van der Waals surface area (Å²) in [4.78, 5) is 11.5. The molecule has 2 heteroatoms. The average Bonchev–Trinajstić information content (AvgIpc) is 2.23. The number of para-hydroxylation sites is 1. The zero-order valence-corrected chi connectivity index (χ0v) is 7.68. The van der Waals surface area contributed by atoms with E-state index in [-0.39, 0.29) is 5.91 Å². The maximum atomic E-state index is 11.5. The van der Waals surface area contributed by atoms with Gasteiger partial charge in [-0.2, -0.15) is 0 Å². The SMILES string of the molecule is C=C1C=CC(=O)[N+](c2ccccc2)=C1. The van der Waals surface area contributed by atoms with Gasteiger partial charge in [0.2, 0.25) is 5.69 Å². The fourth-order valence-electron chi connectivity index (χ4n) is 1.32. The van der Waals surface area contributed by atoms with Gasteiger partial charge in [0.05, 0.1) is 6.08 Å². The van der Waals surface area contributed by atoms with Crippen molar-refractivity contribution >= 4 is 17.8 Å². The normalized spacial score (nSPS) is 15.6. The van der Waals surface area contributed by atoms with Gasteiger partial charge < -0.3 is 0 Å². The molecular weight excluding hydrogens is 174 g/mol. The second-order valence-corrected chi connectivity index (χ2v) is 3.08. The van der Waals surface area contributed by atoms with Gasteiger partial charge in [0.1, 0.15) is 0 Å². The van der Waals surface area contributed by atoms with E-state index in [9.17, 15) is 4.79 Å². The topological polar surface area (TPSA) is 20.1 Å². The standard InChI is InChI=1S/C12H10NO/c1-10-7-8-12(14)13(9-10)11-5-3-2-4-6-11/h2-9H,1H2/q+1. The number of rotatable bonds is 1.